The van der Waals surface area contributed by atoms with Crippen molar-refractivity contribution in [1.82, 2.24) is 9.13 Å². The first-order valence-corrected chi connectivity index (χ1v) is 11.5. The van der Waals surface area contributed by atoms with E-state index in [1.807, 2.05) is 11.5 Å². The van der Waals surface area contributed by atoms with Gasteiger partial charge in [-0.3, -0.25) is 9.59 Å². The molecule has 1 aromatic carbocycles. The number of carbonyl (C=O) groups excluding carboxylic acids is 1. The molecule has 0 spiro atoms. The van der Waals surface area contributed by atoms with Crippen molar-refractivity contribution in [2.24, 2.45) is 0 Å². The maximum atomic E-state index is 15.0. The number of aryl methyl sites for hydroxylation is 2. The molecule has 0 unspecified atom stereocenters. The summed E-state index contributed by atoms with van der Waals surface area (Å²) < 4.78 is 23.4. The van der Waals surface area contributed by atoms with Crippen LogP contribution in [0.1, 0.15) is 60.7 Å². The minimum absolute atomic E-state index is 0.00513. The summed E-state index contributed by atoms with van der Waals surface area (Å²) in [5.41, 5.74) is 0.163. The first-order valence-electron chi connectivity index (χ1n) is 11.5. The van der Waals surface area contributed by atoms with Crippen LogP contribution in [0.5, 0.6) is 0 Å². The largest absolute Gasteiger partial charge is 0.458 e. The van der Waals surface area contributed by atoms with Crippen LogP contribution in [-0.4, -0.2) is 25.3 Å². The number of pyridine rings is 2. The van der Waals surface area contributed by atoms with E-state index in [4.69, 9.17) is 4.74 Å². The normalized spacial score (nSPS) is 22.4. The number of ether oxygens (including phenoxy) is 1. The van der Waals surface area contributed by atoms with Crippen LogP contribution >= 0.6 is 0 Å². The summed E-state index contributed by atoms with van der Waals surface area (Å²) in [5.74, 6) is -1.44. The number of carbonyl (C=O) groups is 1. The number of aliphatic hydroxyl groups excluding tert-OH is 1. The van der Waals surface area contributed by atoms with E-state index in [0.29, 0.717) is 41.9 Å². The molecule has 1 aliphatic carbocycles. The quantitative estimate of drug-likeness (QED) is 0.437. The Morgan fingerprint density at radius 1 is 1.21 bits per heavy atom. The molecule has 34 heavy (non-hydrogen) atoms. The van der Waals surface area contributed by atoms with Gasteiger partial charge in [-0.15, -0.1) is 0 Å². The van der Waals surface area contributed by atoms with Crippen LogP contribution in [0.4, 0.5) is 4.39 Å². The molecule has 0 bridgehead atoms. The minimum atomic E-state index is -1.98. The second-order valence-electron chi connectivity index (χ2n) is 9.20. The Hall–Kier alpha value is -3.30. The molecule has 2 aromatic heterocycles. The van der Waals surface area contributed by atoms with Crippen molar-refractivity contribution in [3.8, 4) is 11.3 Å². The Kier molecular flexibility index (Phi) is 4.29. The highest BCUT2D eigenvalue weighted by Crippen LogP contribution is 2.41. The van der Waals surface area contributed by atoms with Gasteiger partial charge in [0, 0.05) is 23.1 Å². The molecule has 3 aromatic rings. The Morgan fingerprint density at radius 3 is 2.68 bits per heavy atom. The Morgan fingerprint density at radius 2 is 1.97 bits per heavy atom. The first kappa shape index (κ1) is 21.2. The summed E-state index contributed by atoms with van der Waals surface area (Å²) in [6, 6.07) is 2.71. The molecule has 2 atom stereocenters. The van der Waals surface area contributed by atoms with Crippen molar-refractivity contribution in [3.63, 3.8) is 0 Å². The lowest BCUT2D eigenvalue weighted by Gasteiger charge is -2.31. The summed E-state index contributed by atoms with van der Waals surface area (Å²) in [7, 11) is 0. The lowest BCUT2D eigenvalue weighted by Crippen LogP contribution is -2.44. The molecule has 6 rings (SSSR count). The van der Waals surface area contributed by atoms with Crippen LogP contribution < -0.4 is 11.0 Å². The molecule has 3 aliphatic rings. The highest BCUT2D eigenvalue weighted by atomic mass is 19.1. The molecule has 2 aliphatic heterocycles. The Labute approximate surface area is 192 Å². The molecule has 0 fully saturated rings. The number of aromatic nitrogens is 2. The van der Waals surface area contributed by atoms with E-state index in [0.717, 1.165) is 0 Å². The monoisotopic (exact) mass is 466 g/mol. The summed E-state index contributed by atoms with van der Waals surface area (Å²) in [5, 5.41) is 21.5. The Bertz CT molecular complexity index is 1570. The standard InChI is InChI=1S/C25H23FN2O6/c1-3-25(33)14-8-16-20-17(9-28(16)23(31)13(14)10-34-24(25)32)27(4-2)21-11-5-6-18(29)19(11)15(26)7-12(21)22(20)30/h7-8,18,29,33H,3-6,9-10H2,1-2H3/t18-,25+/m1/s1. The van der Waals surface area contributed by atoms with Gasteiger partial charge in [0.15, 0.2) is 11.0 Å². The van der Waals surface area contributed by atoms with Crippen molar-refractivity contribution in [3.05, 3.63) is 66.5 Å². The van der Waals surface area contributed by atoms with Crippen molar-refractivity contribution >= 4 is 16.9 Å². The maximum Gasteiger partial charge on any atom is 0.343 e. The lowest BCUT2D eigenvalue weighted by molar-refractivity contribution is -0.172. The van der Waals surface area contributed by atoms with E-state index in [2.05, 4.69) is 0 Å². The number of rotatable bonds is 2. The fraction of sp³-hybridized carbons (Fsp3) is 0.400. The molecule has 8 nitrogen and oxygen atoms in total. The number of halogens is 1. The van der Waals surface area contributed by atoms with Gasteiger partial charge in [-0.2, -0.15) is 0 Å². The third-order valence-corrected chi connectivity index (χ3v) is 7.67. The molecular formula is C25H23FN2O6. The predicted molar refractivity (Wildman–Crippen MR) is 120 cm³/mol. The summed E-state index contributed by atoms with van der Waals surface area (Å²) in [6.07, 6.45) is -0.0711. The molecule has 0 saturated heterocycles. The van der Waals surface area contributed by atoms with Crippen LogP contribution in [0.25, 0.3) is 22.2 Å². The fourth-order valence-corrected chi connectivity index (χ4v) is 5.95. The number of benzene rings is 1. The van der Waals surface area contributed by atoms with Gasteiger partial charge in [0.25, 0.3) is 5.56 Å². The van der Waals surface area contributed by atoms with Gasteiger partial charge in [0.2, 0.25) is 0 Å². The fourth-order valence-electron chi connectivity index (χ4n) is 5.95. The molecule has 0 amide bonds. The van der Waals surface area contributed by atoms with Gasteiger partial charge in [-0.05, 0) is 43.9 Å². The van der Waals surface area contributed by atoms with E-state index >= 15 is 0 Å². The number of esters is 1. The number of hydrogen-bond acceptors (Lipinski definition) is 6. The highest BCUT2D eigenvalue weighted by Gasteiger charge is 2.45. The van der Waals surface area contributed by atoms with Gasteiger partial charge in [-0.25, -0.2) is 9.18 Å². The molecule has 0 radical (unpaired) electrons. The van der Waals surface area contributed by atoms with E-state index in [1.54, 1.807) is 6.92 Å². The van der Waals surface area contributed by atoms with Crippen molar-refractivity contribution in [2.75, 3.05) is 0 Å². The maximum absolute atomic E-state index is 15.0. The highest BCUT2D eigenvalue weighted by molar-refractivity contribution is 5.90. The minimum Gasteiger partial charge on any atom is -0.458 e. The molecule has 4 heterocycles. The summed E-state index contributed by atoms with van der Waals surface area (Å²) in [6.45, 7) is 3.87. The summed E-state index contributed by atoms with van der Waals surface area (Å²) >= 11 is 0. The number of nitrogens with zero attached hydrogens (tertiary/aromatic N) is 2. The van der Waals surface area contributed by atoms with Gasteiger partial charge in [0.05, 0.1) is 40.7 Å². The van der Waals surface area contributed by atoms with Crippen LogP contribution in [0, 0.1) is 5.82 Å². The SMILES string of the molecule is CCn1c2c(c(=O)c3cc(F)c4c(c31)CC[C@H]4O)-c1cc3c(c(=O)n1C2)COC(=O)[C@]3(O)CC. The van der Waals surface area contributed by atoms with Gasteiger partial charge >= 0.3 is 5.97 Å². The van der Waals surface area contributed by atoms with Crippen LogP contribution in [-0.2, 0) is 41.2 Å². The average molecular weight is 466 g/mol. The summed E-state index contributed by atoms with van der Waals surface area (Å²) in [4.78, 5) is 39.5. The zero-order valence-electron chi connectivity index (χ0n) is 18.8. The van der Waals surface area contributed by atoms with Gasteiger partial charge in [0.1, 0.15) is 12.4 Å². The lowest BCUT2D eigenvalue weighted by atomic mass is 9.85. The first-order chi connectivity index (χ1) is 16.2. The van der Waals surface area contributed by atoms with Crippen LogP contribution in [0.3, 0.4) is 0 Å². The Balaban J connectivity index is 1.72. The second kappa shape index (κ2) is 6.86. The number of fused-ring (bicyclic) bond motifs is 7. The van der Waals surface area contributed by atoms with Crippen molar-refractivity contribution in [1.29, 1.82) is 0 Å². The number of cyclic esters (lactones) is 1. The zero-order chi connectivity index (χ0) is 24.1. The second-order valence-corrected chi connectivity index (χ2v) is 9.20. The van der Waals surface area contributed by atoms with E-state index in [-0.39, 0.29) is 47.2 Å². The zero-order valence-corrected chi connectivity index (χ0v) is 18.8. The van der Waals surface area contributed by atoms with Crippen LogP contribution in [0.2, 0.25) is 0 Å². The van der Waals surface area contributed by atoms with Crippen LogP contribution in [0.15, 0.2) is 21.7 Å². The molecule has 2 N–H and O–H groups in total. The van der Waals surface area contributed by atoms with Crippen molar-refractivity contribution < 1.29 is 24.1 Å². The van der Waals surface area contributed by atoms with E-state index < -0.39 is 34.5 Å². The van der Waals surface area contributed by atoms with Gasteiger partial charge < -0.3 is 24.1 Å². The third kappa shape index (κ3) is 2.40. The topological polar surface area (TPSA) is 111 Å². The molecule has 0 saturated carbocycles. The number of hydrogen-bond donors (Lipinski definition) is 2. The number of aliphatic hydroxyl groups is 2. The molecular weight excluding hydrogens is 443 g/mol. The van der Waals surface area contributed by atoms with E-state index in [9.17, 15) is 29.0 Å². The van der Waals surface area contributed by atoms with E-state index in [1.165, 1.54) is 16.7 Å². The average Bonchev–Trinajstić information content (AvgIpc) is 3.40. The molecule has 176 valence electrons. The smallest absolute Gasteiger partial charge is 0.343 e. The molecule has 9 heteroatoms. The predicted octanol–water partition coefficient (Wildman–Crippen LogP) is 1.98. The third-order valence-electron chi connectivity index (χ3n) is 7.67. The van der Waals surface area contributed by atoms with Gasteiger partial charge in [-0.1, -0.05) is 6.92 Å². The van der Waals surface area contributed by atoms with Crippen molar-refractivity contribution in [2.45, 2.75) is 64.5 Å².